The molecule has 4 rings (SSSR count). The van der Waals surface area contributed by atoms with Crippen molar-refractivity contribution >= 4 is 17.5 Å². The van der Waals surface area contributed by atoms with E-state index >= 15 is 0 Å². The Bertz CT molecular complexity index is 1250. The third-order valence-electron chi connectivity index (χ3n) is 8.40. The largest absolute Gasteiger partial charge is 0.430 e. The molecule has 2 amide bonds. The van der Waals surface area contributed by atoms with Gasteiger partial charge >= 0.3 is 12.4 Å². The van der Waals surface area contributed by atoms with Gasteiger partial charge in [-0.1, -0.05) is 12.1 Å². The first kappa shape index (κ1) is 31.7. The minimum atomic E-state index is -5.51. The normalized spacial score (nSPS) is 19.0. The van der Waals surface area contributed by atoms with E-state index in [-0.39, 0.29) is 31.0 Å². The number of carbonyl (C=O) groups is 2. The third kappa shape index (κ3) is 6.68. The second-order valence-electron chi connectivity index (χ2n) is 11.4. The van der Waals surface area contributed by atoms with Gasteiger partial charge in [0.05, 0.1) is 5.56 Å². The molecular weight excluding hydrogens is 564 g/mol. The standard InChI is InChI=1S/C30H35F6N3O3/c1-37(2)26(40)22-6-8-25(9-7-22)38-14-10-20(11-15-38)18-21-12-16-39(17-13-21)27(41)28(42,30(34,35)36)23-4-3-5-24(19-23)29(31,32)33/h3-9,19-21,42H,10-18H2,1-2H3/t28-/m1/s1. The van der Waals surface area contributed by atoms with Crippen molar-refractivity contribution in [2.45, 2.75) is 50.1 Å². The van der Waals surface area contributed by atoms with Crippen molar-refractivity contribution < 1.29 is 41.0 Å². The second-order valence-corrected chi connectivity index (χ2v) is 11.4. The predicted octanol–water partition coefficient (Wildman–Crippen LogP) is 5.70. The second kappa shape index (κ2) is 12.1. The Kier molecular flexibility index (Phi) is 9.15. The number of likely N-dealkylation sites (tertiary alicyclic amines) is 1. The summed E-state index contributed by atoms with van der Waals surface area (Å²) < 4.78 is 81.6. The SMILES string of the molecule is CN(C)C(=O)c1ccc(N2CCC(CC3CCN(C(=O)[C@](O)(c4cccc(C(F)(F)F)c4)C(F)(F)F)CC3)CC2)cc1. The molecule has 2 aliphatic heterocycles. The van der Waals surface area contributed by atoms with Crippen LogP contribution in [0.4, 0.5) is 32.0 Å². The van der Waals surface area contributed by atoms with E-state index in [1.165, 1.54) is 4.90 Å². The van der Waals surface area contributed by atoms with Gasteiger partial charge in [-0.25, -0.2) is 0 Å². The third-order valence-corrected chi connectivity index (χ3v) is 8.40. The maximum absolute atomic E-state index is 14.1. The summed E-state index contributed by atoms with van der Waals surface area (Å²) >= 11 is 0. The number of piperidine rings is 2. The Hall–Kier alpha value is -3.28. The highest BCUT2D eigenvalue weighted by molar-refractivity contribution is 5.94. The number of nitrogens with zero attached hydrogens (tertiary/aromatic N) is 3. The zero-order valence-electron chi connectivity index (χ0n) is 23.5. The molecule has 0 unspecified atom stereocenters. The van der Waals surface area contributed by atoms with Crippen molar-refractivity contribution in [1.82, 2.24) is 9.80 Å². The first-order valence-electron chi connectivity index (χ1n) is 13.9. The summed E-state index contributed by atoms with van der Waals surface area (Å²) in [5.74, 6) is -1.11. The lowest BCUT2D eigenvalue weighted by Gasteiger charge is -2.40. The predicted molar refractivity (Wildman–Crippen MR) is 145 cm³/mol. The van der Waals surface area contributed by atoms with Crippen LogP contribution in [0.5, 0.6) is 0 Å². The van der Waals surface area contributed by atoms with Gasteiger partial charge in [0, 0.05) is 57.1 Å². The van der Waals surface area contributed by atoms with Gasteiger partial charge in [-0.2, -0.15) is 26.3 Å². The number of rotatable bonds is 6. The summed E-state index contributed by atoms with van der Waals surface area (Å²) in [6.45, 7) is 1.63. The summed E-state index contributed by atoms with van der Waals surface area (Å²) in [7, 11) is 3.40. The first-order valence-corrected chi connectivity index (χ1v) is 13.9. The zero-order valence-corrected chi connectivity index (χ0v) is 23.5. The lowest BCUT2D eigenvalue weighted by Crippen LogP contribution is -2.57. The summed E-state index contributed by atoms with van der Waals surface area (Å²) in [6, 6.07) is 9.71. The number of aliphatic hydroxyl groups is 1. The van der Waals surface area contributed by atoms with E-state index < -0.39 is 35.0 Å². The van der Waals surface area contributed by atoms with E-state index in [1.54, 1.807) is 14.1 Å². The van der Waals surface area contributed by atoms with Crippen LogP contribution in [-0.4, -0.2) is 73.2 Å². The van der Waals surface area contributed by atoms with Gasteiger partial charge in [-0.3, -0.25) is 9.59 Å². The van der Waals surface area contributed by atoms with Crippen LogP contribution in [0, 0.1) is 11.8 Å². The number of halogens is 6. The Morgan fingerprint density at radius 1 is 0.833 bits per heavy atom. The number of anilines is 1. The molecule has 0 aliphatic carbocycles. The highest BCUT2D eigenvalue weighted by atomic mass is 19.4. The van der Waals surface area contributed by atoms with Gasteiger partial charge in [-0.15, -0.1) is 0 Å². The molecule has 42 heavy (non-hydrogen) atoms. The Labute approximate surface area is 240 Å². The summed E-state index contributed by atoms with van der Waals surface area (Å²) in [6.07, 6.45) is -6.82. The number of benzene rings is 2. The lowest BCUT2D eigenvalue weighted by atomic mass is 9.82. The average molecular weight is 600 g/mol. The molecule has 6 nitrogen and oxygen atoms in total. The van der Waals surface area contributed by atoms with Crippen LogP contribution < -0.4 is 4.90 Å². The van der Waals surface area contributed by atoms with Gasteiger partial charge in [0.15, 0.2) is 0 Å². The van der Waals surface area contributed by atoms with Crippen LogP contribution >= 0.6 is 0 Å². The topological polar surface area (TPSA) is 64.1 Å². The van der Waals surface area contributed by atoms with Gasteiger partial charge in [0.2, 0.25) is 0 Å². The minimum Gasteiger partial charge on any atom is -0.372 e. The van der Waals surface area contributed by atoms with Crippen LogP contribution in [0.3, 0.4) is 0 Å². The molecule has 230 valence electrons. The molecule has 2 aliphatic rings. The van der Waals surface area contributed by atoms with E-state index in [0.29, 0.717) is 36.5 Å². The quantitative estimate of drug-likeness (QED) is 0.433. The van der Waals surface area contributed by atoms with Crippen molar-refractivity contribution in [3.63, 3.8) is 0 Å². The summed E-state index contributed by atoms with van der Waals surface area (Å²) in [5.41, 5.74) is -4.95. The van der Waals surface area contributed by atoms with Gasteiger partial charge in [0.25, 0.3) is 17.4 Å². The van der Waals surface area contributed by atoms with Crippen LogP contribution in [0.1, 0.15) is 53.6 Å². The molecule has 2 heterocycles. The number of hydrogen-bond acceptors (Lipinski definition) is 4. The molecule has 2 saturated heterocycles. The molecule has 0 aromatic heterocycles. The molecule has 0 radical (unpaired) electrons. The molecule has 0 saturated carbocycles. The molecule has 1 N–H and O–H groups in total. The molecule has 12 heteroatoms. The van der Waals surface area contributed by atoms with E-state index in [4.69, 9.17) is 0 Å². The van der Waals surface area contributed by atoms with Crippen molar-refractivity contribution in [3.05, 3.63) is 65.2 Å². The van der Waals surface area contributed by atoms with E-state index in [0.717, 1.165) is 49.0 Å². The Balaban J connectivity index is 1.32. The lowest BCUT2D eigenvalue weighted by molar-refractivity contribution is -0.262. The fourth-order valence-corrected chi connectivity index (χ4v) is 5.90. The van der Waals surface area contributed by atoms with Gasteiger partial charge < -0.3 is 19.8 Å². The Morgan fingerprint density at radius 3 is 1.86 bits per heavy atom. The zero-order chi connectivity index (χ0) is 30.9. The summed E-state index contributed by atoms with van der Waals surface area (Å²) in [5, 5.41) is 10.6. The summed E-state index contributed by atoms with van der Waals surface area (Å²) in [4.78, 5) is 29.8. The molecule has 1 atom stereocenters. The smallest absolute Gasteiger partial charge is 0.372 e. The first-order chi connectivity index (χ1) is 19.6. The fraction of sp³-hybridized carbons (Fsp3) is 0.533. The highest BCUT2D eigenvalue weighted by Gasteiger charge is 2.62. The molecule has 0 spiro atoms. The van der Waals surface area contributed by atoms with E-state index in [1.807, 2.05) is 24.3 Å². The number of carbonyl (C=O) groups excluding carboxylic acids is 2. The van der Waals surface area contributed by atoms with Crippen molar-refractivity contribution in [3.8, 4) is 0 Å². The van der Waals surface area contributed by atoms with Crippen molar-refractivity contribution in [2.24, 2.45) is 11.8 Å². The number of alkyl halides is 6. The average Bonchev–Trinajstić information content (AvgIpc) is 2.96. The molecule has 2 aromatic rings. The van der Waals surface area contributed by atoms with Crippen LogP contribution in [0.15, 0.2) is 48.5 Å². The number of hydrogen-bond donors (Lipinski definition) is 1. The van der Waals surface area contributed by atoms with E-state index in [9.17, 15) is 41.0 Å². The van der Waals surface area contributed by atoms with Crippen molar-refractivity contribution in [2.75, 3.05) is 45.2 Å². The Morgan fingerprint density at radius 2 is 1.36 bits per heavy atom. The monoisotopic (exact) mass is 599 g/mol. The van der Waals surface area contributed by atoms with Gasteiger partial charge in [-0.05, 0) is 80.3 Å². The molecule has 2 fully saturated rings. The van der Waals surface area contributed by atoms with Gasteiger partial charge in [0.1, 0.15) is 0 Å². The fourth-order valence-electron chi connectivity index (χ4n) is 5.90. The highest BCUT2D eigenvalue weighted by Crippen LogP contribution is 2.43. The maximum atomic E-state index is 14.1. The molecule has 0 bridgehead atoms. The minimum absolute atomic E-state index is 0.0162. The van der Waals surface area contributed by atoms with Crippen LogP contribution in [0.2, 0.25) is 0 Å². The number of amides is 2. The maximum Gasteiger partial charge on any atom is 0.430 e. The van der Waals surface area contributed by atoms with Crippen molar-refractivity contribution in [1.29, 1.82) is 0 Å². The van der Waals surface area contributed by atoms with Crippen LogP contribution in [-0.2, 0) is 16.6 Å². The van der Waals surface area contributed by atoms with E-state index in [2.05, 4.69) is 4.90 Å². The molecular formula is C30H35F6N3O3. The van der Waals surface area contributed by atoms with Crippen LogP contribution in [0.25, 0.3) is 0 Å². The molecule has 2 aromatic carbocycles.